The summed E-state index contributed by atoms with van der Waals surface area (Å²) in [6.07, 6.45) is 3.17. The number of carbonyl (C=O) groups is 1. The summed E-state index contributed by atoms with van der Waals surface area (Å²) < 4.78 is 30.2. The van der Waals surface area contributed by atoms with Crippen molar-refractivity contribution in [3.05, 3.63) is 48.2 Å². The fourth-order valence-electron chi connectivity index (χ4n) is 2.08. The Labute approximate surface area is 141 Å². The molecule has 2 N–H and O–H groups in total. The minimum Gasteiger partial charge on any atom is -0.427 e. The van der Waals surface area contributed by atoms with Gasteiger partial charge in [-0.05, 0) is 55.3 Å². The van der Waals surface area contributed by atoms with Gasteiger partial charge in [0, 0.05) is 12.6 Å². The predicted octanol–water partition coefficient (Wildman–Crippen LogP) is 2.12. The smallest absolute Gasteiger partial charge is 0.311 e. The Morgan fingerprint density at radius 2 is 1.88 bits per heavy atom. The van der Waals surface area contributed by atoms with Crippen molar-refractivity contribution in [1.29, 1.82) is 0 Å². The predicted molar refractivity (Wildman–Crippen MR) is 89.4 cm³/mol. The van der Waals surface area contributed by atoms with Crippen LogP contribution in [0.3, 0.4) is 0 Å². The average Bonchev–Trinajstić information content (AvgIpc) is 2.56. The monoisotopic (exact) mass is 348 g/mol. The van der Waals surface area contributed by atoms with Crippen LogP contribution in [0, 0.1) is 0 Å². The molecule has 0 bridgehead atoms. The highest BCUT2D eigenvalue weighted by atomic mass is 32.2. The number of hydrogen-bond donors (Lipinski definition) is 1. The third kappa shape index (κ3) is 4.39. The summed E-state index contributed by atoms with van der Waals surface area (Å²) in [5.74, 6) is -0.0241. The quantitative estimate of drug-likeness (QED) is 0.608. The van der Waals surface area contributed by atoms with E-state index in [0.717, 1.165) is 5.56 Å². The maximum Gasteiger partial charge on any atom is 0.311 e. The van der Waals surface area contributed by atoms with Crippen molar-refractivity contribution in [2.24, 2.45) is 5.73 Å². The summed E-state index contributed by atoms with van der Waals surface area (Å²) in [6, 6.07) is 8.90. The van der Waals surface area contributed by atoms with Gasteiger partial charge in [0.05, 0.1) is 4.90 Å². The minimum atomic E-state index is -3.71. The van der Waals surface area contributed by atoms with Crippen LogP contribution in [0.5, 0.6) is 5.75 Å². The molecule has 1 aromatic carbocycles. The molecule has 1 aromatic heterocycles. The molecule has 0 aliphatic carbocycles. The number of sulfone groups is 1. The number of aromatic nitrogens is 1. The molecule has 0 radical (unpaired) electrons. The van der Waals surface area contributed by atoms with E-state index in [9.17, 15) is 13.2 Å². The summed E-state index contributed by atoms with van der Waals surface area (Å²) in [5.41, 5.74) is 6.34. The molecule has 0 spiro atoms. The third-order valence-electron chi connectivity index (χ3n) is 3.33. The van der Waals surface area contributed by atoms with Gasteiger partial charge in [-0.15, -0.1) is 0 Å². The van der Waals surface area contributed by atoms with Gasteiger partial charge in [0.15, 0.2) is 5.03 Å². The molecule has 128 valence electrons. The molecule has 1 heterocycles. The molecular weight excluding hydrogens is 328 g/mol. The molecule has 0 fully saturated rings. The average molecular weight is 348 g/mol. The van der Waals surface area contributed by atoms with Crippen LogP contribution in [0.15, 0.2) is 52.5 Å². The zero-order valence-electron chi connectivity index (χ0n) is 13.4. The largest absolute Gasteiger partial charge is 0.427 e. The van der Waals surface area contributed by atoms with Crippen molar-refractivity contribution in [3.63, 3.8) is 0 Å². The molecular formula is C17H20N2O4S. The molecule has 6 nitrogen and oxygen atoms in total. The van der Waals surface area contributed by atoms with Crippen molar-refractivity contribution >= 4 is 15.8 Å². The maximum atomic E-state index is 12.5. The van der Waals surface area contributed by atoms with Gasteiger partial charge in [-0.1, -0.05) is 13.0 Å². The zero-order valence-corrected chi connectivity index (χ0v) is 14.3. The topological polar surface area (TPSA) is 99.4 Å². The first-order valence-corrected chi connectivity index (χ1v) is 9.16. The highest BCUT2D eigenvalue weighted by Crippen LogP contribution is 2.22. The van der Waals surface area contributed by atoms with Gasteiger partial charge >= 0.3 is 5.97 Å². The Kier molecular flexibility index (Phi) is 6.05. The second-order valence-electron chi connectivity index (χ2n) is 5.24. The first kappa shape index (κ1) is 18.1. The van der Waals surface area contributed by atoms with E-state index in [2.05, 4.69) is 4.98 Å². The van der Waals surface area contributed by atoms with E-state index in [0.29, 0.717) is 31.6 Å². The van der Waals surface area contributed by atoms with Gasteiger partial charge < -0.3 is 10.5 Å². The van der Waals surface area contributed by atoms with Crippen LogP contribution >= 0.6 is 0 Å². The number of carbonyl (C=O) groups excluding carboxylic acids is 1. The standard InChI is InChI=1S/C17H20N2O4S/c1-2-3-17(20)23-14-5-7-15(8-6-14)24(21,22)16-9-4-13(10-11-18)12-19-16/h4-9,12H,2-3,10-11,18H2,1H3. The lowest BCUT2D eigenvalue weighted by molar-refractivity contribution is -0.134. The molecule has 24 heavy (non-hydrogen) atoms. The Bertz CT molecular complexity index is 784. The SMILES string of the molecule is CCCC(=O)Oc1ccc(S(=O)(=O)c2ccc(CCN)cn2)cc1. The minimum absolute atomic E-state index is 0.0287. The highest BCUT2D eigenvalue weighted by Gasteiger charge is 2.19. The Morgan fingerprint density at radius 3 is 2.42 bits per heavy atom. The number of rotatable bonds is 7. The van der Waals surface area contributed by atoms with E-state index < -0.39 is 9.84 Å². The second kappa shape index (κ2) is 8.03. The van der Waals surface area contributed by atoms with Gasteiger partial charge in [0.25, 0.3) is 0 Å². The maximum absolute atomic E-state index is 12.5. The molecule has 2 aromatic rings. The lowest BCUT2D eigenvalue weighted by atomic mass is 10.2. The molecule has 0 saturated carbocycles. The summed E-state index contributed by atoms with van der Waals surface area (Å²) in [6.45, 7) is 2.36. The number of nitrogens with zero attached hydrogens (tertiary/aromatic N) is 1. The molecule has 0 atom stereocenters. The number of esters is 1. The van der Waals surface area contributed by atoms with E-state index in [1.54, 1.807) is 6.07 Å². The van der Waals surface area contributed by atoms with Crippen molar-refractivity contribution in [1.82, 2.24) is 4.98 Å². The van der Waals surface area contributed by atoms with E-state index in [-0.39, 0.29) is 15.9 Å². The number of ether oxygens (including phenoxy) is 1. The van der Waals surface area contributed by atoms with Crippen molar-refractivity contribution in [2.75, 3.05) is 6.54 Å². The van der Waals surface area contributed by atoms with Crippen molar-refractivity contribution in [2.45, 2.75) is 36.1 Å². The summed E-state index contributed by atoms with van der Waals surface area (Å²) in [5, 5.41) is -0.0287. The van der Waals surface area contributed by atoms with Crippen LogP contribution in [0.1, 0.15) is 25.3 Å². The third-order valence-corrected chi connectivity index (χ3v) is 5.01. The van der Waals surface area contributed by atoms with E-state index in [4.69, 9.17) is 10.5 Å². The fourth-order valence-corrected chi connectivity index (χ4v) is 3.25. The molecule has 2 rings (SSSR count). The van der Waals surface area contributed by atoms with Gasteiger partial charge in [-0.2, -0.15) is 0 Å². The molecule has 0 unspecified atom stereocenters. The van der Waals surface area contributed by atoms with Crippen LogP contribution < -0.4 is 10.5 Å². The first-order valence-electron chi connectivity index (χ1n) is 7.68. The fraction of sp³-hybridized carbons (Fsp3) is 0.294. The Morgan fingerprint density at radius 1 is 1.17 bits per heavy atom. The molecule has 0 saturated heterocycles. The van der Waals surface area contributed by atoms with Crippen molar-refractivity contribution < 1.29 is 17.9 Å². The van der Waals surface area contributed by atoms with E-state index in [1.807, 2.05) is 6.92 Å². The molecule has 0 amide bonds. The Balaban J connectivity index is 2.18. The van der Waals surface area contributed by atoms with Gasteiger partial charge in [0.1, 0.15) is 5.75 Å². The molecule has 7 heteroatoms. The number of pyridine rings is 1. The second-order valence-corrected chi connectivity index (χ2v) is 7.14. The van der Waals surface area contributed by atoms with Crippen LogP contribution in [-0.4, -0.2) is 25.9 Å². The highest BCUT2D eigenvalue weighted by molar-refractivity contribution is 7.91. The van der Waals surface area contributed by atoms with Crippen LogP contribution in [0.4, 0.5) is 0 Å². The molecule has 0 aliphatic heterocycles. The van der Waals surface area contributed by atoms with Crippen LogP contribution in [-0.2, 0) is 21.1 Å². The van der Waals surface area contributed by atoms with Crippen molar-refractivity contribution in [3.8, 4) is 5.75 Å². The van der Waals surface area contributed by atoms with E-state index in [1.165, 1.54) is 36.5 Å². The lowest BCUT2D eigenvalue weighted by Crippen LogP contribution is -2.08. The number of hydrogen-bond acceptors (Lipinski definition) is 6. The van der Waals surface area contributed by atoms with Crippen LogP contribution in [0.25, 0.3) is 0 Å². The molecule has 0 aliphatic rings. The normalized spacial score (nSPS) is 11.2. The first-order chi connectivity index (χ1) is 11.5. The lowest BCUT2D eigenvalue weighted by Gasteiger charge is -2.07. The zero-order chi connectivity index (χ0) is 17.6. The summed E-state index contributed by atoms with van der Waals surface area (Å²) in [7, 11) is -3.71. The number of benzene rings is 1. The van der Waals surface area contributed by atoms with E-state index >= 15 is 0 Å². The van der Waals surface area contributed by atoms with Gasteiger partial charge in [-0.3, -0.25) is 4.79 Å². The summed E-state index contributed by atoms with van der Waals surface area (Å²) in [4.78, 5) is 15.5. The van der Waals surface area contributed by atoms with Gasteiger partial charge in [-0.25, -0.2) is 13.4 Å². The van der Waals surface area contributed by atoms with Gasteiger partial charge in [0.2, 0.25) is 9.84 Å². The Hall–Kier alpha value is -2.25. The summed E-state index contributed by atoms with van der Waals surface area (Å²) >= 11 is 0. The van der Waals surface area contributed by atoms with Crippen LogP contribution in [0.2, 0.25) is 0 Å². The number of nitrogens with two attached hydrogens (primary N) is 1.